The minimum Gasteiger partial charge on any atom is -0.493 e. The number of nitrogens with zero attached hydrogens (tertiary/aromatic N) is 2. The van der Waals surface area contributed by atoms with Gasteiger partial charge in [-0.3, -0.25) is 28.5 Å². The average molecular weight is 1060 g/mol. The maximum Gasteiger partial charge on any atom is 0.288 e. The smallest absolute Gasteiger partial charge is 0.288 e. The highest BCUT2D eigenvalue weighted by molar-refractivity contribution is 7.86. The first-order valence-electron chi connectivity index (χ1n) is 24.4. The van der Waals surface area contributed by atoms with E-state index in [0.29, 0.717) is 64.6 Å². The predicted octanol–water partition coefficient (Wildman–Crippen LogP) is 6.51. The van der Waals surface area contributed by atoms with Crippen molar-refractivity contribution in [3.8, 4) is 23.0 Å². The van der Waals surface area contributed by atoms with Gasteiger partial charge in [0.05, 0.1) is 48.8 Å². The molecule has 0 aliphatic carbocycles. The predicted molar refractivity (Wildman–Crippen MR) is 286 cm³/mol. The average Bonchev–Trinajstić information content (AvgIpc) is 3.87. The zero-order valence-corrected chi connectivity index (χ0v) is 43.9. The van der Waals surface area contributed by atoms with Gasteiger partial charge in [-0.25, -0.2) is 0 Å². The van der Waals surface area contributed by atoms with Crippen LogP contribution in [-0.4, -0.2) is 97.6 Å². The molecule has 0 saturated heterocycles. The first-order chi connectivity index (χ1) is 35.7. The molecule has 5 amide bonds. The first kappa shape index (κ1) is 52.4. The molecule has 4 aliphatic rings. The number of carbonyl (C=O) groups is 5. The molecule has 0 radical (unpaired) electrons. The normalized spacial score (nSPS) is 18.2. The van der Waals surface area contributed by atoms with Crippen molar-refractivity contribution in [2.45, 2.75) is 101 Å². The Morgan fingerprint density at radius 1 is 0.747 bits per heavy atom. The molecular formula is C54H59N7O12S2. The number of methoxy groups -OCH3 is 2. The second-order valence-corrected chi connectivity index (χ2v) is 22.5. The van der Waals surface area contributed by atoms with E-state index in [-0.39, 0.29) is 71.4 Å². The van der Waals surface area contributed by atoms with E-state index in [1.165, 1.54) is 45.1 Å². The number of thiol groups is 1. The first-order valence-corrected chi connectivity index (χ1v) is 26.4. The summed E-state index contributed by atoms with van der Waals surface area (Å²) in [5.41, 5.74) is 5.79. The topological polar surface area (TPSA) is 243 Å². The van der Waals surface area contributed by atoms with E-state index in [1.807, 2.05) is 43.0 Å². The number of anilines is 5. The monoisotopic (exact) mass is 1060 g/mol. The van der Waals surface area contributed by atoms with Crippen molar-refractivity contribution in [2.75, 3.05) is 46.5 Å². The third-order valence-electron chi connectivity index (χ3n) is 13.7. The molecule has 0 fully saturated rings. The molecule has 0 bridgehead atoms. The maximum absolute atomic E-state index is 14.3. The number of carbonyl (C=O) groups excluding carboxylic acids is 5. The lowest BCUT2D eigenvalue weighted by Gasteiger charge is -2.27. The molecule has 4 aliphatic heterocycles. The molecule has 19 nitrogen and oxygen atoms in total. The van der Waals surface area contributed by atoms with E-state index < -0.39 is 51.3 Å². The summed E-state index contributed by atoms with van der Waals surface area (Å²) in [6, 6.07) is 23.3. The Morgan fingerprint density at radius 2 is 1.29 bits per heavy atom. The summed E-state index contributed by atoms with van der Waals surface area (Å²) in [5, 5.41) is 13.0. The van der Waals surface area contributed by atoms with Crippen LogP contribution in [-0.2, 0) is 50.6 Å². The van der Waals surface area contributed by atoms with E-state index in [2.05, 4.69) is 39.2 Å². The summed E-state index contributed by atoms with van der Waals surface area (Å²) in [5.74, 6) is -1.22. The summed E-state index contributed by atoms with van der Waals surface area (Å²) < 4.78 is 60.3. The molecular weight excluding hydrogens is 1000 g/mol. The third kappa shape index (κ3) is 11.2. The van der Waals surface area contributed by atoms with E-state index in [0.717, 1.165) is 16.8 Å². The number of fused-ring (bicyclic) bond motifs is 8. The highest BCUT2D eigenvalue weighted by atomic mass is 32.2. The van der Waals surface area contributed by atoms with Crippen LogP contribution in [0.25, 0.3) is 0 Å². The van der Waals surface area contributed by atoms with Gasteiger partial charge in [0.15, 0.2) is 28.4 Å². The van der Waals surface area contributed by atoms with Crippen LogP contribution in [0.15, 0.2) is 91.0 Å². The van der Waals surface area contributed by atoms with Crippen LogP contribution in [0, 0.1) is 0 Å². The number of nitrogens with one attached hydrogen (secondary N) is 5. The molecule has 9 rings (SSSR count). The Labute approximate surface area is 440 Å². The summed E-state index contributed by atoms with van der Waals surface area (Å²) in [7, 11) is -1.89. The molecule has 75 heavy (non-hydrogen) atoms. The molecule has 21 heteroatoms. The van der Waals surface area contributed by atoms with Gasteiger partial charge in [-0.15, -0.1) is 0 Å². The number of hydrogen-bond acceptors (Lipinski definition) is 14. The van der Waals surface area contributed by atoms with Crippen LogP contribution in [0.1, 0.15) is 83.5 Å². The highest BCUT2D eigenvalue weighted by Crippen LogP contribution is 2.44. The van der Waals surface area contributed by atoms with Gasteiger partial charge >= 0.3 is 0 Å². The van der Waals surface area contributed by atoms with Crippen molar-refractivity contribution in [3.63, 3.8) is 0 Å². The molecule has 5 aromatic carbocycles. The summed E-state index contributed by atoms with van der Waals surface area (Å²) in [6.07, 6.45) is 1.54. The van der Waals surface area contributed by atoms with Crippen molar-refractivity contribution in [1.29, 1.82) is 0 Å². The number of benzene rings is 5. The fraction of sp³-hybridized carbons (Fsp3) is 0.352. The number of hydrogen-bond donors (Lipinski definition) is 7. The Bertz CT molecular complexity index is 3220. The second-order valence-electron chi connectivity index (χ2n) is 19.7. The fourth-order valence-electron chi connectivity index (χ4n) is 9.89. The van der Waals surface area contributed by atoms with Crippen molar-refractivity contribution in [2.24, 2.45) is 0 Å². The number of para-hydroxylation sites is 2. The molecule has 4 heterocycles. The molecule has 1 unspecified atom stereocenters. The van der Waals surface area contributed by atoms with Gasteiger partial charge in [-0.2, -0.15) is 21.0 Å². The Balaban J connectivity index is 0.977. The van der Waals surface area contributed by atoms with E-state index in [1.54, 1.807) is 54.6 Å². The van der Waals surface area contributed by atoms with Crippen LogP contribution < -0.4 is 55.3 Å². The fourth-order valence-corrected chi connectivity index (χ4v) is 10.9. The van der Waals surface area contributed by atoms with Gasteiger partial charge in [0.25, 0.3) is 21.9 Å². The van der Waals surface area contributed by atoms with Gasteiger partial charge in [-0.1, -0.05) is 50.2 Å². The van der Waals surface area contributed by atoms with Crippen LogP contribution in [0.3, 0.4) is 0 Å². The van der Waals surface area contributed by atoms with E-state index in [9.17, 15) is 36.9 Å². The number of amides is 5. The zero-order chi connectivity index (χ0) is 53.5. The van der Waals surface area contributed by atoms with Crippen LogP contribution in [0.5, 0.6) is 23.0 Å². The Hall–Kier alpha value is -7.49. The minimum atomic E-state index is -4.77. The van der Waals surface area contributed by atoms with Crippen LogP contribution in [0.2, 0.25) is 0 Å². The Morgan fingerprint density at radius 3 is 1.89 bits per heavy atom. The number of ether oxygens (including phenoxy) is 4. The quantitative estimate of drug-likeness (QED) is 0.0388. The van der Waals surface area contributed by atoms with Gasteiger partial charge in [-0.05, 0) is 97.8 Å². The number of rotatable bonds is 17. The van der Waals surface area contributed by atoms with Crippen molar-refractivity contribution < 1.29 is 55.9 Å². The van der Waals surface area contributed by atoms with Gasteiger partial charge in [0.2, 0.25) is 17.7 Å². The van der Waals surface area contributed by atoms with Crippen molar-refractivity contribution in [3.05, 3.63) is 124 Å². The molecule has 394 valence electrons. The lowest BCUT2D eigenvalue weighted by molar-refractivity contribution is -0.130. The largest absolute Gasteiger partial charge is 0.493 e. The maximum atomic E-state index is 14.3. The third-order valence-corrected chi connectivity index (χ3v) is 15.0. The highest BCUT2D eigenvalue weighted by Gasteiger charge is 2.47. The molecule has 0 aromatic heterocycles. The summed E-state index contributed by atoms with van der Waals surface area (Å²) in [4.78, 5) is 71.1. The van der Waals surface area contributed by atoms with Crippen molar-refractivity contribution >= 4 is 80.7 Å². The van der Waals surface area contributed by atoms with E-state index in [4.69, 9.17) is 18.9 Å². The molecule has 0 spiro atoms. The molecule has 6 N–H and O–H groups in total. The summed E-state index contributed by atoms with van der Waals surface area (Å²) >= 11 is 4.46. The zero-order valence-electron chi connectivity index (χ0n) is 42.2. The standard InChI is InChI=1S/C54H59N7O12S2/c1-29(56-48(62)15-16-54(3,4)74)49(63)57-30(2)50(64)58-35-18-31(27-72-46-24-39-37(22-44(46)70-5)52(65)60-36(26-55-39)20-33-11-7-9-13-41(33)60)17-32(19-35)28-73-47-25-40-38(23-45(47)71-6)53(66)61-42-14-10-8-12-34(42)21-43(61)51(59-40)75(67,68)69/h7-14,17-19,22-25,29-30,36,43,51,55,59,74H,15-16,20-21,26-28H2,1-6H3,(H,56,62)(H,57,63)(H,58,64)(H,67,68,69)/t29-,30-,36-,43?,51+/m0/s1. The SMILES string of the molecule is COc1cc2c(cc1OCc1cc(COc3cc4c(cc3OC)C(=O)N3c5ccccc5C[C@H]3CN4)cc(NC(=O)[C@H](C)NC(=O)[C@H](C)NC(=O)CCC(C)(C)S)c1)N[C@H](S(=O)(=O)O)C1Cc3ccccc3N1C2=O. The molecule has 0 saturated carbocycles. The molecule has 5 aromatic rings. The molecule has 5 atom stereocenters. The van der Waals surface area contributed by atoms with Gasteiger partial charge in [0, 0.05) is 46.9 Å². The van der Waals surface area contributed by atoms with Gasteiger partial charge < -0.3 is 55.3 Å². The minimum absolute atomic E-state index is 0.0676. The lowest BCUT2D eigenvalue weighted by atomic mass is 10.1. The summed E-state index contributed by atoms with van der Waals surface area (Å²) in [6.45, 7) is 7.08. The van der Waals surface area contributed by atoms with Gasteiger partial charge in [0.1, 0.15) is 25.3 Å². The van der Waals surface area contributed by atoms with Crippen molar-refractivity contribution in [1.82, 2.24) is 10.6 Å². The Kier molecular flexibility index (Phi) is 14.7. The van der Waals surface area contributed by atoms with Crippen LogP contribution in [0.4, 0.5) is 28.4 Å². The second kappa shape index (κ2) is 21.0. The lowest BCUT2D eigenvalue weighted by Crippen LogP contribution is -2.50. The van der Waals surface area contributed by atoms with Crippen LogP contribution >= 0.6 is 12.6 Å². The van der Waals surface area contributed by atoms with E-state index >= 15 is 0 Å².